The monoisotopic (exact) mass is 321 g/mol. The maximum Gasteiger partial charge on any atom is 0.524 e. The van der Waals surface area contributed by atoms with Gasteiger partial charge in [-0.05, 0) is 47.0 Å². The lowest BCUT2D eigenvalue weighted by Gasteiger charge is -2.32. The summed E-state index contributed by atoms with van der Waals surface area (Å²) in [5.74, 6) is 1.60. The second-order valence-corrected chi connectivity index (χ2v) is 7.74. The van der Waals surface area contributed by atoms with Gasteiger partial charge in [0.05, 0.1) is 16.9 Å². The van der Waals surface area contributed by atoms with E-state index in [1.807, 2.05) is 40.7 Å². The summed E-state index contributed by atoms with van der Waals surface area (Å²) in [5.41, 5.74) is -0.550. The highest BCUT2D eigenvalue weighted by atomic mass is 19.1. The van der Waals surface area contributed by atoms with Gasteiger partial charge in [0, 0.05) is 17.9 Å². The van der Waals surface area contributed by atoms with Gasteiger partial charge in [-0.3, -0.25) is 0 Å². The Morgan fingerprint density at radius 2 is 1.96 bits per heavy atom. The van der Waals surface area contributed by atoms with Crippen molar-refractivity contribution in [2.75, 3.05) is 0 Å². The molecular formula is C17H25BFNO3. The van der Waals surface area contributed by atoms with E-state index >= 15 is 0 Å². The van der Waals surface area contributed by atoms with Crippen molar-refractivity contribution >= 4 is 7.12 Å². The smallest absolute Gasteiger partial charge is 0.398 e. The summed E-state index contributed by atoms with van der Waals surface area (Å²) >= 11 is 0. The van der Waals surface area contributed by atoms with Gasteiger partial charge < -0.3 is 13.8 Å². The molecule has 6 heteroatoms. The van der Waals surface area contributed by atoms with Crippen LogP contribution < -0.4 is 0 Å². The molecule has 1 aliphatic carbocycles. The van der Waals surface area contributed by atoms with Crippen molar-refractivity contribution in [3.8, 4) is 0 Å². The molecule has 23 heavy (non-hydrogen) atoms. The van der Waals surface area contributed by atoms with Crippen LogP contribution in [0.15, 0.2) is 22.4 Å². The van der Waals surface area contributed by atoms with Gasteiger partial charge in [0.25, 0.3) is 0 Å². The summed E-state index contributed by atoms with van der Waals surface area (Å²) in [6, 6.07) is 2.00. The Balaban J connectivity index is 1.60. The van der Waals surface area contributed by atoms with Crippen molar-refractivity contribution in [3.05, 3.63) is 29.3 Å². The summed E-state index contributed by atoms with van der Waals surface area (Å²) in [4.78, 5) is 0. The molecule has 2 heterocycles. The highest BCUT2D eigenvalue weighted by molar-refractivity contribution is 6.53. The normalized spacial score (nSPS) is 25.0. The molecule has 0 amide bonds. The molecule has 1 atom stereocenters. The lowest BCUT2D eigenvalue weighted by atomic mass is 9.86. The van der Waals surface area contributed by atoms with Gasteiger partial charge in [-0.15, -0.1) is 0 Å². The van der Waals surface area contributed by atoms with E-state index in [4.69, 9.17) is 13.8 Å². The molecule has 0 N–H and O–H groups in total. The minimum atomic E-state index is -0.925. The first-order chi connectivity index (χ1) is 10.7. The van der Waals surface area contributed by atoms with Crippen LogP contribution in [-0.2, 0) is 9.31 Å². The zero-order chi connectivity index (χ0) is 16.8. The second-order valence-electron chi connectivity index (χ2n) is 7.74. The van der Waals surface area contributed by atoms with E-state index in [1.165, 1.54) is 18.9 Å². The Hall–Kier alpha value is -1.14. The largest absolute Gasteiger partial charge is 0.524 e. The first-order valence-corrected chi connectivity index (χ1v) is 8.37. The molecule has 0 bridgehead atoms. The molecule has 1 aliphatic heterocycles. The average Bonchev–Trinajstić information content (AvgIpc) is 3.14. The Morgan fingerprint density at radius 1 is 1.35 bits per heavy atom. The van der Waals surface area contributed by atoms with Crippen LogP contribution in [0.5, 0.6) is 0 Å². The maximum atomic E-state index is 14.4. The zero-order valence-electron chi connectivity index (χ0n) is 14.6. The lowest BCUT2D eigenvalue weighted by molar-refractivity contribution is 0.00578. The quantitative estimate of drug-likeness (QED) is 0.747. The molecule has 0 spiro atoms. The maximum absolute atomic E-state index is 14.4. The van der Waals surface area contributed by atoms with Gasteiger partial charge in [-0.2, -0.15) is 0 Å². The number of halogens is 1. The van der Waals surface area contributed by atoms with Crippen molar-refractivity contribution in [2.45, 2.75) is 76.9 Å². The molecule has 4 nitrogen and oxygen atoms in total. The zero-order valence-corrected chi connectivity index (χ0v) is 14.6. The number of aromatic nitrogens is 1. The fraction of sp³-hybridized carbons (Fsp3) is 0.706. The van der Waals surface area contributed by atoms with Crippen molar-refractivity contribution < 1.29 is 18.2 Å². The first kappa shape index (κ1) is 16.7. The van der Waals surface area contributed by atoms with Crippen molar-refractivity contribution in [3.63, 3.8) is 0 Å². The van der Waals surface area contributed by atoms with E-state index in [-0.39, 0.29) is 11.6 Å². The van der Waals surface area contributed by atoms with Crippen molar-refractivity contribution in [1.82, 2.24) is 5.16 Å². The minimum absolute atomic E-state index is 0.0967. The van der Waals surface area contributed by atoms with Crippen LogP contribution in [0.3, 0.4) is 0 Å². The van der Waals surface area contributed by atoms with Gasteiger partial charge in [-0.1, -0.05) is 18.2 Å². The third-order valence-corrected chi connectivity index (χ3v) is 5.18. The van der Waals surface area contributed by atoms with Crippen molar-refractivity contribution in [1.29, 1.82) is 0 Å². The van der Waals surface area contributed by atoms with E-state index in [0.29, 0.717) is 12.3 Å². The first-order valence-electron chi connectivity index (χ1n) is 8.37. The van der Waals surface area contributed by atoms with Crippen LogP contribution in [0.2, 0.25) is 0 Å². The molecule has 3 rings (SSSR count). The van der Waals surface area contributed by atoms with Gasteiger partial charge in [0.1, 0.15) is 11.5 Å². The van der Waals surface area contributed by atoms with Crippen LogP contribution in [0.4, 0.5) is 4.39 Å². The van der Waals surface area contributed by atoms with E-state index in [1.54, 1.807) is 0 Å². The number of allylic oxidation sites excluding steroid dienone is 1. The summed E-state index contributed by atoms with van der Waals surface area (Å²) in [6.07, 6.45) is 4.43. The fourth-order valence-electron chi connectivity index (χ4n) is 2.56. The molecule has 1 saturated carbocycles. The van der Waals surface area contributed by atoms with Gasteiger partial charge in [0.15, 0.2) is 0 Å². The molecule has 0 aromatic carbocycles. The number of nitrogens with zero attached hydrogens (tertiary/aromatic N) is 1. The van der Waals surface area contributed by atoms with E-state index in [0.717, 1.165) is 11.5 Å². The Labute approximate surface area is 137 Å². The number of hydrogen-bond acceptors (Lipinski definition) is 4. The van der Waals surface area contributed by atoms with Crippen LogP contribution in [0, 0.1) is 0 Å². The van der Waals surface area contributed by atoms with Crippen LogP contribution in [-0.4, -0.2) is 23.5 Å². The minimum Gasteiger partial charge on any atom is -0.398 e. The van der Waals surface area contributed by atoms with Crippen molar-refractivity contribution in [2.24, 2.45) is 0 Å². The fourth-order valence-corrected chi connectivity index (χ4v) is 2.56. The standard InChI is InChI=1S/C17H25BFNO3/c1-11(13-10-14(21-20-13)12-7-8-12)6-9-15(19)18-22-16(2,3)17(4,5)23-18/h9-12H,6-8H2,1-5H3. The van der Waals surface area contributed by atoms with E-state index < -0.39 is 18.3 Å². The second kappa shape index (κ2) is 5.74. The molecule has 1 aromatic heterocycles. The molecule has 1 saturated heterocycles. The van der Waals surface area contributed by atoms with E-state index in [9.17, 15) is 4.39 Å². The Morgan fingerprint density at radius 3 is 2.52 bits per heavy atom. The predicted octanol–water partition coefficient (Wildman–Crippen LogP) is 4.53. The predicted molar refractivity (Wildman–Crippen MR) is 86.8 cm³/mol. The van der Waals surface area contributed by atoms with Gasteiger partial charge >= 0.3 is 7.12 Å². The SMILES string of the molecule is CC(CC=C(F)B1OC(C)(C)C(C)(C)O1)c1cc(C2CC2)on1. The van der Waals surface area contributed by atoms with Gasteiger partial charge in [-0.25, -0.2) is 4.39 Å². The molecule has 1 aromatic rings. The highest BCUT2D eigenvalue weighted by Gasteiger charge is 2.52. The topological polar surface area (TPSA) is 44.5 Å². The summed E-state index contributed by atoms with van der Waals surface area (Å²) < 4.78 is 31.2. The van der Waals surface area contributed by atoms with E-state index in [2.05, 4.69) is 5.16 Å². The Kier molecular flexibility index (Phi) is 4.17. The van der Waals surface area contributed by atoms with Crippen LogP contribution in [0.25, 0.3) is 0 Å². The highest BCUT2D eigenvalue weighted by Crippen LogP contribution is 2.41. The lowest BCUT2D eigenvalue weighted by Crippen LogP contribution is -2.41. The molecular weight excluding hydrogens is 296 g/mol. The van der Waals surface area contributed by atoms with Gasteiger partial charge in [0.2, 0.25) is 0 Å². The number of hydrogen-bond donors (Lipinski definition) is 0. The summed E-state index contributed by atoms with van der Waals surface area (Å²) in [7, 11) is -0.925. The summed E-state index contributed by atoms with van der Waals surface area (Å²) in [5, 5.41) is 4.11. The molecule has 126 valence electrons. The molecule has 1 unspecified atom stereocenters. The molecule has 2 aliphatic rings. The van der Waals surface area contributed by atoms with Crippen LogP contribution >= 0.6 is 0 Å². The molecule has 0 radical (unpaired) electrons. The summed E-state index contributed by atoms with van der Waals surface area (Å²) in [6.45, 7) is 9.67. The third kappa shape index (κ3) is 3.38. The average molecular weight is 321 g/mol. The van der Waals surface area contributed by atoms with Crippen LogP contribution in [0.1, 0.15) is 77.2 Å². The Bertz CT molecular complexity index is 591. The third-order valence-electron chi connectivity index (χ3n) is 5.18. The molecule has 2 fully saturated rings. The number of rotatable bonds is 5.